The largest absolute Gasteiger partial charge is 0.468 e. The maximum atomic E-state index is 12.7. The van der Waals surface area contributed by atoms with Gasteiger partial charge in [-0.25, -0.2) is 0 Å². The van der Waals surface area contributed by atoms with Crippen molar-refractivity contribution in [2.24, 2.45) is 5.41 Å². The standard InChI is InChI=1S/C24H25NO4/c1-4-14-24(22(26)28-2,23(27)29-3)16-20-15-19-12-8-9-13-21(19)25(20)17-18-10-6-5-7-11-18/h4-13,15H,1,14,16-17H2,2-3H3. The summed E-state index contributed by atoms with van der Waals surface area (Å²) in [5, 5.41) is 1.04. The zero-order chi connectivity index (χ0) is 20.9. The molecule has 0 unspecified atom stereocenters. The fraction of sp³-hybridized carbons (Fsp3) is 0.250. The average Bonchev–Trinajstić information content (AvgIpc) is 3.09. The van der Waals surface area contributed by atoms with Gasteiger partial charge in [-0.1, -0.05) is 54.6 Å². The van der Waals surface area contributed by atoms with Crippen molar-refractivity contribution in [1.29, 1.82) is 0 Å². The molecule has 3 aromatic rings. The van der Waals surface area contributed by atoms with Crippen LogP contribution in [-0.2, 0) is 32.0 Å². The molecule has 0 aliphatic heterocycles. The Bertz CT molecular complexity index is 1000. The van der Waals surface area contributed by atoms with Gasteiger partial charge >= 0.3 is 11.9 Å². The molecule has 0 saturated heterocycles. The normalized spacial score (nSPS) is 11.2. The van der Waals surface area contributed by atoms with Crippen molar-refractivity contribution in [1.82, 2.24) is 4.57 Å². The number of hydrogen-bond donors (Lipinski definition) is 0. The number of carbonyl (C=O) groups excluding carboxylic acids is 2. The summed E-state index contributed by atoms with van der Waals surface area (Å²) < 4.78 is 12.1. The van der Waals surface area contributed by atoms with E-state index in [0.29, 0.717) is 6.54 Å². The molecule has 1 heterocycles. The Kier molecular flexibility index (Phi) is 6.17. The van der Waals surface area contributed by atoms with Crippen LogP contribution in [0, 0.1) is 5.41 Å². The smallest absolute Gasteiger partial charge is 0.323 e. The number of nitrogens with zero attached hydrogens (tertiary/aromatic N) is 1. The molecule has 5 heteroatoms. The molecule has 0 N–H and O–H groups in total. The third-order valence-electron chi connectivity index (χ3n) is 5.21. The summed E-state index contributed by atoms with van der Waals surface area (Å²) in [6, 6.07) is 20.1. The summed E-state index contributed by atoms with van der Waals surface area (Å²) in [5.74, 6) is -1.25. The summed E-state index contributed by atoms with van der Waals surface area (Å²) in [4.78, 5) is 25.5. The highest BCUT2D eigenvalue weighted by Crippen LogP contribution is 2.34. The molecule has 150 valence electrons. The maximum Gasteiger partial charge on any atom is 0.323 e. The van der Waals surface area contributed by atoms with E-state index in [-0.39, 0.29) is 12.8 Å². The maximum absolute atomic E-state index is 12.7. The van der Waals surface area contributed by atoms with Crippen LogP contribution in [0.3, 0.4) is 0 Å². The fourth-order valence-electron chi connectivity index (χ4n) is 3.78. The summed E-state index contributed by atoms with van der Waals surface area (Å²) in [6.07, 6.45) is 1.83. The first-order chi connectivity index (χ1) is 14.1. The number of allylic oxidation sites excluding steroid dienone is 1. The highest BCUT2D eigenvalue weighted by molar-refractivity contribution is 6.00. The van der Waals surface area contributed by atoms with Crippen LogP contribution in [0.25, 0.3) is 10.9 Å². The van der Waals surface area contributed by atoms with Crippen LogP contribution in [0.1, 0.15) is 17.7 Å². The number of para-hydroxylation sites is 1. The van der Waals surface area contributed by atoms with Crippen molar-refractivity contribution < 1.29 is 19.1 Å². The Morgan fingerprint density at radius 1 is 1.00 bits per heavy atom. The number of rotatable bonds is 8. The van der Waals surface area contributed by atoms with Gasteiger partial charge in [0.05, 0.1) is 14.2 Å². The lowest BCUT2D eigenvalue weighted by atomic mass is 9.79. The Hall–Kier alpha value is -3.34. The quantitative estimate of drug-likeness (QED) is 0.329. The number of benzene rings is 2. The second-order valence-electron chi connectivity index (χ2n) is 7.00. The topological polar surface area (TPSA) is 57.5 Å². The van der Waals surface area contributed by atoms with Crippen LogP contribution in [0.2, 0.25) is 0 Å². The van der Waals surface area contributed by atoms with Crippen LogP contribution >= 0.6 is 0 Å². The highest BCUT2D eigenvalue weighted by Gasteiger charge is 2.48. The molecule has 2 aromatic carbocycles. The molecule has 0 saturated carbocycles. The molecule has 0 aliphatic carbocycles. The first-order valence-electron chi connectivity index (χ1n) is 9.44. The van der Waals surface area contributed by atoms with Gasteiger partial charge in [-0.15, -0.1) is 6.58 Å². The zero-order valence-electron chi connectivity index (χ0n) is 16.8. The zero-order valence-corrected chi connectivity index (χ0v) is 16.8. The molecule has 0 spiro atoms. The third kappa shape index (κ3) is 3.94. The van der Waals surface area contributed by atoms with Crippen LogP contribution in [0.4, 0.5) is 0 Å². The Morgan fingerprint density at radius 2 is 1.62 bits per heavy atom. The van der Waals surface area contributed by atoms with E-state index in [1.54, 1.807) is 6.08 Å². The van der Waals surface area contributed by atoms with Crippen molar-refractivity contribution in [3.05, 3.63) is 84.6 Å². The lowest BCUT2D eigenvalue weighted by Gasteiger charge is -2.27. The average molecular weight is 391 g/mol. The van der Waals surface area contributed by atoms with Crippen LogP contribution < -0.4 is 0 Å². The van der Waals surface area contributed by atoms with Crippen LogP contribution in [0.5, 0.6) is 0 Å². The SMILES string of the molecule is C=CCC(Cc1cc2ccccc2n1Cc1ccccc1)(C(=O)OC)C(=O)OC. The van der Waals surface area contributed by atoms with Gasteiger partial charge in [0.25, 0.3) is 0 Å². The molecular weight excluding hydrogens is 366 g/mol. The number of methoxy groups -OCH3 is 2. The molecule has 0 amide bonds. The summed E-state index contributed by atoms with van der Waals surface area (Å²) in [6.45, 7) is 4.35. The molecule has 5 nitrogen and oxygen atoms in total. The Balaban J connectivity index is 2.14. The van der Waals surface area contributed by atoms with E-state index in [1.807, 2.05) is 48.5 Å². The number of fused-ring (bicyclic) bond motifs is 1. The molecule has 0 atom stereocenters. The molecule has 0 fully saturated rings. The Morgan fingerprint density at radius 3 is 2.24 bits per heavy atom. The van der Waals surface area contributed by atoms with E-state index in [4.69, 9.17) is 9.47 Å². The summed E-state index contributed by atoms with van der Waals surface area (Å²) in [5.41, 5.74) is 1.54. The number of aromatic nitrogens is 1. The van der Waals surface area contributed by atoms with E-state index < -0.39 is 17.4 Å². The summed E-state index contributed by atoms with van der Waals surface area (Å²) in [7, 11) is 2.56. The number of carbonyl (C=O) groups is 2. The molecule has 0 radical (unpaired) electrons. The van der Waals surface area contributed by atoms with Crippen molar-refractivity contribution in [2.75, 3.05) is 14.2 Å². The second-order valence-corrected chi connectivity index (χ2v) is 7.00. The van der Waals surface area contributed by atoms with Gasteiger partial charge in [0.2, 0.25) is 0 Å². The summed E-state index contributed by atoms with van der Waals surface area (Å²) >= 11 is 0. The molecule has 1 aromatic heterocycles. The number of esters is 2. The van der Waals surface area contributed by atoms with Gasteiger partial charge in [-0.3, -0.25) is 9.59 Å². The fourth-order valence-corrected chi connectivity index (χ4v) is 3.78. The van der Waals surface area contributed by atoms with Crippen molar-refractivity contribution in [3.63, 3.8) is 0 Å². The van der Waals surface area contributed by atoms with Crippen LogP contribution in [0.15, 0.2) is 73.3 Å². The van der Waals surface area contributed by atoms with Gasteiger partial charge in [0.1, 0.15) is 0 Å². The van der Waals surface area contributed by atoms with Gasteiger partial charge < -0.3 is 14.0 Å². The minimum absolute atomic E-state index is 0.124. The van der Waals surface area contributed by atoms with Crippen molar-refractivity contribution in [3.8, 4) is 0 Å². The molecule has 0 aliphatic rings. The van der Waals surface area contributed by atoms with E-state index in [2.05, 4.69) is 23.3 Å². The molecule has 0 bridgehead atoms. The van der Waals surface area contributed by atoms with E-state index in [9.17, 15) is 9.59 Å². The number of hydrogen-bond acceptors (Lipinski definition) is 4. The molecule has 29 heavy (non-hydrogen) atoms. The lowest BCUT2D eigenvalue weighted by molar-refractivity contribution is -0.169. The first kappa shape index (κ1) is 20.4. The minimum Gasteiger partial charge on any atom is -0.468 e. The minimum atomic E-state index is -1.48. The van der Waals surface area contributed by atoms with Gasteiger partial charge in [-0.05, 0) is 29.5 Å². The predicted molar refractivity (Wildman–Crippen MR) is 112 cm³/mol. The van der Waals surface area contributed by atoms with Gasteiger partial charge in [-0.2, -0.15) is 0 Å². The predicted octanol–water partition coefficient (Wildman–Crippen LogP) is 4.14. The number of ether oxygens (including phenoxy) is 2. The lowest BCUT2D eigenvalue weighted by Crippen LogP contribution is -2.43. The van der Waals surface area contributed by atoms with E-state index >= 15 is 0 Å². The Labute approximate surface area is 170 Å². The molecule has 3 rings (SSSR count). The first-order valence-corrected chi connectivity index (χ1v) is 9.44. The van der Waals surface area contributed by atoms with Gasteiger partial charge in [0, 0.05) is 24.2 Å². The highest BCUT2D eigenvalue weighted by atomic mass is 16.5. The third-order valence-corrected chi connectivity index (χ3v) is 5.21. The monoisotopic (exact) mass is 391 g/mol. The van der Waals surface area contributed by atoms with Crippen LogP contribution in [-0.4, -0.2) is 30.7 Å². The molecular formula is C24H25NO4. The van der Waals surface area contributed by atoms with Crippen molar-refractivity contribution in [2.45, 2.75) is 19.4 Å². The van der Waals surface area contributed by atoms with Gasteiger partial charge in [0.15, 0.2) is 5.41 Å². The van der Waals surface area contributed by atoms with E-state index in [0.717, 1.165) is 22.2 Å². The second kappa shape index (κ2) is 8.78. The van der Waals surface area contributed by atoms with E-state index in [1.165, 1.54) is 14.2 Å². The van der Waals surface area contributed by atoms with Crippen molar-refractivity contribution >= 4 is 22.8 Å².